The molecule has 0 aliphatic heterocycles. The maximum atomic E-state index is 11.7. The molecule has 0 bridgehead atoms. The number of pyridine rings is 1. The molecule has 0 amide bonds. The van der Waals surface area contributed by atoms with E-state index in [0.717, 1.165) is 17.5 Å². The van der Waals surface area contributed by atoms with E-state index in [9.17, 15) is 4.79 Å². The quantitative estimate of drug-likeness (QED) is 0.685. The largest absolute Gasteiger partial charge is 0.294 e. The van der Waals surface area contributed by atoms with Crippen molar-refractivity contribution in [2.24, 2.45) is 5.92 Å². The van der Waals surface area contributed by atoms with Gasteiger partial charge in [-0.3, -0.25) is 9.78 Å². The predicted octanol–water partition coefficient (Wildman–Crippen LogP) is 3.01. The number of hydrogen-bond donors (Lipinski definition) is 0. The summed E-state index contributed by atoms with van der Waals surface area (Å²) in [5.41, 5.74) is 1.78. The van der Waals surface area contributed by atoms with Gasteiger partial charge in [0.15, 0.2) is 5.78 Å². The van der Waals surface area contributed by atoms with Crippen molar-refractivity contribution in [1.82, 2.24) is 4.98 Å². The first-order valence-corrected chi connectivity index (χ1v) is 5.04. The molecule has 0 saturated carbocycles. The maximum Gasteiger partial charge on any atom is 0.164 e. The second-order valence-electron chi connectivity index (χ2n) is 4.11. The molecule has 0 atom stereocenters. The maximum absolute atomic E-state index is 11.7. The van der Waals surface area contributed by atoms with Gasteiger partial charge in [-0.25, -0.2) is 0 Å². The van der Waals surface area contributed by atoms with E-state index >= 15 is 0 Å². The van der Waals surface area contributed by atoms with Crippen molar-refractivity contribution in [2.75, 3.05) is 0 Å². The van der Waals surface area contributed by atoms with E-state index < -0.39 is 0 Å². The molecule has 14 heavy (non-hydrogen) atoms. The number of carbonyl (C=O) groups is 1. The smallest absolute Gasteiger partial charge is 0.164 e. The molecule has 0 aromatic carbocycles. The lowest BCUT2D eigenvalue weighted by molar-refractivity contribution is 0.0975. The normalized spacial score (nSPS) is 10.6. The molecule has 1 aromatic rings. The Morgan fingerprint density at radius 1 is 1.43 bits per heavy atom. The molecule has 76 valence electrons. The fourth-order valence-corrected chi connectivity index (χ4v) is 1.27. The van der Waals surface area contributed by atoms with Crippen LogP contribution in [0.1, 0.15) is 42.6 Å². The van der Waals surface area contributed by atoms with Gasteiger partial charge in [0.1, 0.15) is 0 Å². The van der Waals surface area contributed by atoms with Crippen LogP contribution in [-0.2, 0) is 0 Å². The van der Waals surface area contributed by atoms with E-state index in [1.54, 1.807) is 12.4 Å². The van der Waals surface area contributed by atoms with Gasteiger partial charge in [-0.1, -0.05) is 13.8 Å². The molecule has 0 aliphatic rings. The van der Waals surface area contributed by atoms with Crippen LogP contribution in [0.5, 0.6) is 0 Å². The van der Waals surface area contributed by atoms with E-state index in [0.29, 0.717) is 12.3 Å². The molecule has 1 aromatic heterocycles. The highest BCUT2D eigenvalue weighted by Gasteiger charge is 2.06. The van der Waals surface area contributed by atoms with Crippen molar-refractivity contribution in [1.29, 1.82) is 0 Å². The molecule has 0 N–H and O–H groups in total. The fraction of sp³-hybridized carbons (Fsp3) is 0.500. The number of nitrogens with zero attached hydrogens (tertiary/aromatic N) is 1. The summed E-state index contributed by atoms with van der Waals surface area (Å²) in [6.07, 6.45) is 4.99. The van der Waals surface area contributed by atoms with Crippen LogP contribution < -0.4 is 0 Å². The van der Waals surface area contributed by atoms with Crippen molar-refractivity contribution in [3.63, 3.8) is 0 Å². The van der Waals surface area contributed by atoms with Gasteiger partial charge in [0.05, 0.1) is 0 Å². The van der Waals surface area contributed by atoms with Crippen LogP contribution in [-0.4, -0.2) is 10.8 Å². The lowest BCUT2D eigenvalue weighted by atomic mass is 10.0. The highest BCUT2D eigenvalue weighted by molar-refractivity contribution is 5.95. The third-order valence-electron chi connectivity index (χ3n) is 2.15. The number of aryl methyl sites for hydroxylation is 1. The molecular weight excluding hydrogens is 174 g/mol. The van der Waals surface area contributed by atoms with E-state index in [2.05, 4.69) is 18.8 Å². The summed E-state index contributed by atoms with van der Waals surface area (Å²) < 4.78 is 0. The van der Waals surface area contributed by atoms with Gasteiger partial charge >= 0.3 is 0 Å². The van der Waals surface area contributed by atoms with Crippen LogP contribution in [0.15, 0.2) is 18.5 Å². The van der Waals surface area contributed by atoms with Gasteiger partial charge in [0, 0.05) is 24.4 Å². The summed E-state index contributed by atoms with van der Waals surface area (Å²) in [5, 5.41) is 0. The third kappa shape index (κ3) is 3.29. The summed E-state index contributed by atoms with van der Waals surface area (Å²) in [5.74, 6) is 0.784. The Hall–Kier alpha value is -1.18. The predicted molar refractivity (Wildman–Crippen MR) is 57.4 cm³/mol. The Labute approximate surface area is 85.4 Å². The third-order valence-corrected chi connectivity index (χ3v) is 2.15. The second kappa shape index (κ2) is 4.89. The Morgan fingerprint density at radius 3 is 2.71 bits per heavy atom. The zero-order valence-electron chi connectivity index (χ0n) is 9.08. The Morgan fingerprint density at radius 2 is 2.14 bits per heavy atom. The standard InChI is InChI=1S/C12H17NO/c1-9(2)4-5-12(14)11-6-10(3)7-13-8-11/h6-9H,4-5H2,1-3H3. The minimum Gasteiger partial charge on any atom is -0.294 e. The summed E-state index contributed by atoms with van der Waals surface area (Å²) in [7, 11) is 0. The van der Waals surface area contributed by atoms with Crippen molar-refractivity contribution in [3.05, 3.63) is 29.6 Å². The number of rotatable bonds is 4. The minimum absolute atomic E-state index is 0.204. The highest BCUT2D eigenvalue weighted by atomic mass is 16.1. The number of carbonyl (C=O) groups excluding carboxylic acids is 1. The molecule has 1 heterocycles. The van der Waals surface area contributed by atoms with E-state index in [1.165, 1.54) is 0 Å². The number of Topliss-reactive ketones (excluding diaryl/α,β-unsaturated/α-hetero) is 1. The molecule has 0 aliphatic carbocycles. The van der Waals surface area contributed by atoms with Crippen LogP contribution in [0, 0.1) is 12.8 Å². The Balaban J connectivity index is 2.61. The van der Waals surface area contributed by atoms with Crippen molar-refractivity contribution < 1.29 is 4.79 Å². The zero-order chi connectivity index (χ0) is 10.6. The van der Waals surface area contributed by atoms with E-state index in [4.69, 9.17) is 0 Å². The molecule has 1 rings (SSSR count). The minimum atomic E-state index is 0.204. The first-order chi connectivity index (χ1) is 6.59. The molecule has 0 fully saturated rings. The number of hydrogen-bond acceptors (Lipinski definition) is 2. The van der Waals surface area contributed by atoms with Crippen LogP contribution >= 0.6 is 0 Å². The van der Waals surface area contributed by atoms with E-state index in [1.807, 2.05) is 13.0 Å². The lowest BCUT2D eigenvalue weighted by Gasteiger charge is -2.03. The topological polar surface area (TPSA) is 30.0 Å². The summed E-state index contributed by atoms with van der Waals surface area (Å²) >= 11 is 0. The zero-order valence-corrected chi connectivity index (χ0v) is 9.08. The molecule has 2 nitrogen and oxygen atoms in total. The average Bonchev–Trinajstić information content (AvgIpc) is 2.14. The first-order valence-electron chi connectivity index (χ1n) is 5.04. The van der Waals surface area contributed by atoms with Crippen LogP contribution in [0.2, 0.25) is 0 Å². The summed E-state index contributed by atoms with van der Waals surface area (Å²) in [4.78, 5) is 15.7. The van der Waals surface area contributed by atoms with Crippen LogP contribution in [0.25, 0.3) is 0 Å². The molecule has 0 saturated heterocycles. The molecule has 2 heteroatoms. The second-order valence-corrected chi connectivity index (χ2v) is 4.11. The van der Waals surface area contributed by atoms with Gasteiger partial charge < -0.3 is 0 Å². The molecular formula is C12H17NO. The van der Waals surface area contributed by atoms with E-state index in [-0.39, 0.29) is 5.78 Å². The average molecular weight is 191 g/mol. The van der Waals surface area contributed by atoms with Gasteiger partial charge in [0.25, 0.3) is 0 Å². The molecule has 0 radical (unpaired) electrons. The summed E-state index contributed by atoms with van der Waals surface area (Å²) in [6.45, 7) is 6.20. The fourth-order valence-electron chi connectivity index (χ4n) is 1.27. The summed E-state index contributed by atoms with van der Waals surface area (Å²) in [6, 6.07) is 1.90. The van der Waals surface area contributed by atoms with Crippen molar-refractivity contribution in [3.8, 4) is 0 Å². The van der Waals surface area contributed by atoms with Crippen molar-refractivity contribution in [2.45, 2.75) is 33.6 Å². The monoisotopic (exact) mass is 191 g/mol. The van der Waals surface area contributed by atoms with Crippen molar-refractivity contribution >= 4 is 5.78 Å². The van der Waals surface area contributed by atoms with Gasteiger partial charge in [-0.2, -0.15) is 0 Å². The van der Waals surface area contributed by atoms with Gasteiger partial charge in [-0.05, 0) is 30.9 Å². The first kappa shape index (κ1) is 10.9. The molecule has 0 unspecified atom stereocenters. The van der Waals surface area contributed by atoms with Gasteiger partial charge in [-0.15, -0.1) is 0 Å². The Bertz CT molecular complexity index is 318. The highest BCUT2D eigenvalue weighted by Crippen LogP contribution is 2.10. The SMILES string of the molecule is Cc1cncc(C(=O)CCC(C)C)c1. The van der Waals surface area contributed by atoms with Gasteiger partial charge in [0.2, 0.25) is 0 Å². The van der Waals surface area contributed by atoms with Crippen LogP contribution in [0.3, 0.4) is 0 Å². The number of ketones is 1. The molecule has 0 spiro atoms. The lowest BCUT2D eigenvalue weighted by Crippen LogP contribution is -2.02. The number of aromatic nitrogens is 1. The van der Waals surface area contributed by atoms with Crippen LogP contribution in [0.4, 0.5) is 0 Å². The Kier molecular flexibility index (Phi) is 3.81.